The Morgan fingerprint density at radius 2 is 2.12 bits per heavy atom. The summed E-state index contributed by atoms with van der Waals surface area (Å²) in [6, 6.07) is 7.94. The second-order valence-electron chi connectivity index (χ2n) is 4.88. The van der Waals surface area contributed by atoms with Crippen LogP contribution in [0, 0.1) is 12.3 Å². The Bertz CT molecular complexity index is 391. The molecule has 0 aromatic heterocycles. The number of rotatable bonds is 3. The average molecular weight is 232 g/mol. The van der Waals surface area contributed by atoms with Crippen molar-refractivity contribution in [3.8, 4) is 0 Å². The van der Waals surface area contributed by atoms with E-state index in [9.17, 15) is 4.79 Å². The minimum atomic E-state index is -0.217. The van der Waals surface area contributed by atoms with E-state index in [1.165, 1.54) is 5.56 Å². The molecule has 0 spiro atoms. The maximum absolute atomic E-state index is 12.3. The van der Waals surface area contributed by atoms with Crippen molar-refractivity contribution in [2.75, 3.05) is 18.4 Å². The number of anilines is 1. The van der Waals surface area contributed by atoms with Gasteiger partial charge in [-0.2, -0.15) is 0 Å². The highest BCUT2D eigenvalue weighted by Crippen LogP contribution is 2.30. The lowest BCUT2D eigenvalue weighted by Gasteiger charge is -2.25. The number of aryl methyl sites for hydroxylation is 1. The van der Waals surface area contributed by atoms with Crippen LogP contribution in [0.2, 0.25) is 0 Å². The molecule has 3 heteroatoms. The molecule has 0 saturated carbocycles. The zero-order valence-electron chi connectivity index (χ0n) is 10.5. The summed E-state index contributed by atoms with van der Waals surface area (Å²) in [7, 11) is 0. The van der Waals surface area contributed by atoms with Gasteiger partial charge >= 0.3 is 0 Å². The Balaban J connectivity index is 2.08. The maximum Gasteiger partial charge on any atom is 0.231 e. The van der Waals surface area contributed by atoms with Crippen molar-refractivity contribution in [2.24, 2.45) is 5.41 Å². The largest absolute Gasteiger partial charge is 0.326 e. The number of hydrogen-bond donors (Lipinski definition) is 2. The van der Waals surface area contributed by atoms with Crippen molar-refractivity contribution in [1.29, 1.82) is 0 Å². The summed E-state index contributed by atoms with van der Waals surface area (Å²) in [6.45, 7) is 5.86. The van der Waals surface area contributed by atoms with Gasteiger partial charge in [0.25, 0.3) is 0 Å². The lowest BCUT2D eigenvalue weighted by molar-refractivity contribution is -0.124. The Hall–Kier alpha value is -1.35. The van der Waals surface area contributed by atoms with Crippen LogP contribution in [0.5, 0.6) is 0 Å². The SMILES string of the molecule is CCC1(C(=O)Nc2ccc(C)cc2)CCNC1. The van der Waals surface area contributed by atoms with Crippen molar-refractivity contribution in [3.05, 3.63) is 29.8 Å². The van der Waals surface area contributed by atoms with E-state index in [4.69, 9.17) is 0 Å². The molecule has 1 fully saturated rings. The van der Waals surface area contributed by atoms with Crippen LogP contribution >= 0.6 is 0 Å². The monoisotopic (exact) mass is 232 g/mol. The molecule has 0 radical (unpaired) electrons. The smallest absolute Gasteiger partial charge is 0.231 e. The molecule has 1 aliphatic rings. The fourth-order valence-electron chi connectivity index (χ4n) is 2.30. The zero-order valence-corrected chi connectivity index (χ0v) is 10.5. The predicted octanol–water partition coefficient (Wildman–Crippen LogP) is 2.32. The fraction of sp³-hybridized carbons (Fsp3) is 0.500. The summed E-state index contributed by atoms with van der Waals surface area (Å²) in [4.78, 5) is 12.3. The highest BCUT2D eigenvalue weighted by Gasteiger charge is 2.39. The Kier molecular flexibility index (Phi) is 3.48. The summed E-state index contributed by atoms with van der Waals surface area (Å²) >= 11 is 0. The van der Waals surface area contributed by atoms with Gasteiger partial charge in [-0.05, 0) is 38.4 Å². The van der Waals surface area contributed by atoms with E-state index in [0.29, 0.717) is 0 Å². The van der Waals surface area contributed by atoms with Crippen LogP contribution in [-0.2, 0) is 4.79 Å². The molecule has 0 bridgehead atoms. The first-order valence-corrected chi connectivity index (χ1v) is 6.25. The minimum absolute atomic E-state index is 0.147. The van der Waals surface area contributed by atoms with Crippen LogP contribution in [0.1, 0.15) is 25.3 Å². The van der Waals surface area contributed by atoms with Crippen molar-refractivity contribution >= 4 is 11.6 Å². The summed E-state index contributed by atoms with van der Waals surface area (Å²) < 4.78 is 0. The highest BCUT2D eigenvalue weighted by molar-refractivity contribution is 5.95. The molecule has 1 aromatic carbocycles. The first-order chi connectivity index (χ1) is 8.16. The van der Waals surface area contributed by atoms with Crippen molar-refractivity contribution in [1.82, 2.24) is 5.32 Å². The van der Waals surface area contributed by atoms with Gasteiger partial charge in [-0.25, -0.2) is 0 Å². The van der Waals surface area contributed by atoms with Gasteiger partial charge in [0, 0.05) is 12.2 Å². The van der Waals surface area contributed by atoms with Crippen molar-refractivity contribution in [2.45, 2.75) is 26.7 Å². The second kappa shape index (κ2) is 4.88. The van der Waals surface area contributed by atoms with Gasteiger partial charge in [0.1, 0.15) is 0 Å². The lowest BCUT2D eigenvalue weighted by Crippen LogP contribution is -2.37. The molecular formula is C14H20N2O. The molecule has 1 saturated heterocycles. The maximum atomic E-state index is 12.3. The van der Waals surface area contributed by atoms with Gasteiger partial charge in [-0.3, -0.25) is 4.79 Å². The van der Waals surface area contributed by atoms with Crippen LogP contribution in [-0.4, -0.2) is 19.0 Å². The first kappa shape index (κ1) is 12.1. The molecule has 17 heavy (non-hydrogen) atoms. The Labute approximate surface area is 103 Å². The summed E-state index contributed by atoms with van der Waals surface area (Å²) in [5, 5.41) is 6.30. The average Bonchev–Trinajstić information content (AvgIpc) is 2.82. The van der Waals surface area contributed by atoms with Crippen LogP contribution in [0.4, 0.5) is 5.69 Å². The Morgan fingerprint density at radius 3 is 2.65 bits per heavy atom. The zero-order chi connectivity index (χ0) is 12.3. The fourth-order valence-corrected chi connectivity index (χ4v) is 2.30. The molecule has 1 atom stereocenters. The second-order valence-corrected chi connectivity index (χ2v) is 4.88. The van der Waals surface area contributed by atoms with Gasteiger partial charge in [0.05, 0.1) is 5.41 Å². The van der Waals surface area contributed by atoms with Crippen LogP contribution in [0.15, 0.2) is 24.3 Å². The highest BCUT2D eigenvalue weighted by atomic mass is 16.2. The topological polar surface area (TPSA) is 41.1 Å². The van der Waals surface area contributed by atoms with Crippen LogP contribution in [0.25, 0.3) is 0 Å². The van der Waals surface area contributed by atoms with E-state index >= 15 is 0 Å². The number of carbonyl (C=O) groups is 1. The standard InChI is InChI=1S/C14H20N2O/c1-3-14(8-9-15-10-14)13(17)16-12-6-4-11(2)5-7-12/h4-7,15H,3,8-10H2,1-2H3,(H,16,17). The third kappa shape index (κ3) is 2.50. The van der Waals surface area contributed by atoms with E-state index in [2.05, 4.69) is 17.6 Å². The molecular weight excluding hydrogens is 212 g/mol. The Morgan fingerprint density at radius 1 is 1.41 bits per heavy atom. The summed E-state index contributed by atoms with van der Waals surface area (Å²) in [5.74, 6) is 0.147. The van der Waals surface area contributed by atoms with Crippen molar-refractivity contribution < 1.29 is 4.79 Å². The predicted molar refractivity (Wildman–Crippen MR) is 70.0 cm³/mol. The number of hydrogen-bond acceptors (Lipinski definition) is 2. The third-order valence-corrected chi connectivity index (χ3v) is 3.71. The molecule has 2 rings (SSSR count). The molecule has 1 aromatic rings. The third-order valence-electron chi connectivity index (χ3n) is 3.71. The number of nitrogens with one attached hydrogen (secondary N) is 2. The van der Waals surface area contributed by atoms with Crippen LogP contribution in [0.3, 0.4) is 0 Å². The van der Waals surface area contributed by atoms with Gasteiger partial charge in [-0.15, -0.1) is 0 Å². The quantitative estimate of drug-likeness (QED) is 0.839. The normalized spacial score (nSPS) is 23.6. The molecule has 2 N–H and O–H groups in total. The first-order valence-electron chi connectivity index (χ1n) is 6.25. The summed E-state index contributed by atoms with van der Waals surface area (Å²) in [5.41, 5.74) is 1.88. The van der Waals surface area contributed by atoms with Gasteiger partial charge in [0.2, 0.25) is 5.91 Å². The number of benzene rings is 1. The molecule has 1 heterocycles. The lowest BCUT2D eigenvalue weighted by atomic mass is 9.83. The van der Waals surface area contributed by atoms with E-state index in [1.54, 1.807) is 0 Å². The molecule has 1 aliphatic heterocycles. The number of carbonyl (C=O) groups excluding carboxylic acids is 1. The van der Waals surface area contributed by atoms with Gasteiger partial charge in [0.15, 0.2) is 0 Å². The van der Waals surface area contributed by atoms with E-state index < -0.39 is 0 Å². The van der Waals surface area contributed by atoms with E-state index in [0.717, 1.165) is 31.6 Å². The van der Waals surface area contributed by atoms with Gasteiger partial charge in [-0.1, -0.05) is 24.6 Å². The molecule has 1 unspecified atom stereocenters. The molecule has 0 aliphatic carbocycles. The van der Waals surface area contributed by atoms with E-state index in [-0.39, 0.29) is 11.3 Å². The van der Waals surface area contributed by atoms with Gasteiger partial charge < -0.3 is 10.6 Å². The molecule has 3 nitrogen and oxygen atoms in total. The molecule has 92 valence electrons. The van der Waals surface area contributed by atoms with E-state index in [1.807, 2.05) is 31.2 Å². The molecule has 1 amide bonds. The summed E-state index contributed by atoms with van der Waals surface area (Å²) in [6.07, 6.45) is 1.82. The number of amides is 1. The minimum Gasteiger partial charge on any atom is -0.326 e. The van der Waals surface area contributed by atoms with Crippen LogP contribution < -0.4 is 10.6 Å². The van der Waals surface area contributed by atoms with Crippen molar-refractivity contribution in [3.63, 3.8) is 0 Å².